The van der Waals surface area contributed by atoms with Crippen LogP contribution in [-0.4, -0.2) is 23.8 Å². The van der Waals surface area contributed by atoms with E-state index in [1.165, 1.54) is 7.11 Å². The maximum absolute atomic E-state index is 13.6. The fourth-order valence-corrected chi connectivity index (χ4v) is 5.20. The molecule has 2 atom stereocenters. The van der Waals surface area contributed by atoms with Crippen molar-refractivity contribution in [3.8, 4) is 0 Å². The van der Waals surface area contributed by atoms with Crippen LogP contribution in [0.1, 0.15) is 37.3 Å². The summed E-state index contributed by atoms with van der Waals surface area (Å²) in [5.74, 6) is -1.13. The lowest BCUT2D eigenvalue weighted by Gasteiger charge is -2.44. The maximum Gasteiger partial charge on any atom is 0.315 e. The molecule has 0 bridgehead atoms. The molecule has 2 heterocycles. The first kappa shape index (κ1) is 19.5. The Hall–Kier alpha value is -3.47. The van der Waals surface area contributed by atoms with Crippen LogP contribution in [0.4, 0.5) is 5.69 Å². The van der Waals surface area contributed by atoms with Gasteiger partial charge >= 0.3 is 5.97 Å². The number of anilines is 1. The Labute approximate surface area is 181 Å². The number of esters is 1. The predicted molar refractivity (Wildman–Crippen MR) is 120 cm³/mol. The van der Waals surface area contributed by atoms with Crippen LogP contribution in [0, 0.1) is 11.3 Å². The Balaban J connectivity index is 1.85. The van der Waals surface area contributed by atoms with Crippen molar-refractivity contribution in [1.29, 1.82) is 0 Å². The van der Waals surface area contributed by atoms with Crippen molar-refractivity contribution in [1.82, 2.24) is 4.98 Å². The largest absolute Gasteiger partial charge is 0.468 e. The molecule has 0 fully saturated rings. The SMILES string of the molecule is COC(=O)C1C2=C(C(=O)CC1(C)C)C(c1cccnc1)c1c(ccc3ccccc13)N2. The lowest BCUT2D eigenvalue weighted by molar-refractivity contribution is -0.148. The van der Waals surface area contributed by atoms with Crippen LogP contribution in [0.5, 0.6) is 0 Å². The molecule has 0 radical (unpaired) electrons. The van der Waals surface area contributed by atoms with Crippen molar-refractivity contribution in [3.05, 3.63) is 83.3 Å². The highest BCUT2D eigenvalue weighted by atomic mass is 16.5. The summed E-state index contributed by atoms with van der Waals surface area (Å²) in [5, 5.41) is 5.67. The summed E-state index contributed by atoms with van der Waals surface area (Å²) >= 11 is 0. The Morgan fingerprint density at radius 1 is 1.13 bits per heavy atom. The van der Waals surface area contributed by atoms with Crippen LogP contribution < -0.4 is 5.32 Å². The van der Waals surface area contributed by atoms with Crippen molar-refractivity contribution in [2.45, 2.75) is 26.2 Å². The van der Waals surface area contributed by atoms with Gasteiger partial charge in [0.15, 0.2) is 5.78 Å². The molecule has 0 spiro atoms. The number of benzene rings is 2. The zero-order valence-corrected chi connectivity index (χ0v) is 17.8. The third-order valence-corrected chi connectivity index (χ3v) is 6.55. The Kier molecular flexibility index (Phi) is 4.43. The van der Waals surface area contributed by atoms with Gasteiger partial charge in [-0.2, -0.15) is 0 Å². The van der Waals surface area contributed by atoms with E-state index in [1.54, 1.807) is 6.20 Å². The number of nitrogens with zero attached hydrogens (tertiary/aromatic N) is 1. The molecular formula is C26H24N2O3. The van der Waals surface area contributed by atoms with Gasteiger partial charge in [-0.05, 0) is 39.4 Å². The highest BCUT2D eigenvalue weighted by Crippen LogP contribution is 2.53. The van der Waals surface area contributed by atoms with Crippen molar-refractivity contribution in [2.24, 2.45) is 11.3 Å². The number of hydrogen-bond donors (Lipinski definition) is 1. The lowest BCUT2D eigenvalue weighted by Crippen LogP contribution is -2.44. The van der Waals surface area contributed by atoms with Gasteiger partial charge in [0, 0.05) is 41.7 Å². The molecule has 0 saturated heterocycles. The minimum atomic E-state index is -0.552. The van der Waals surface area contributed by atoms with Crippen LogP contribution in [0.25, 0.3) is 10.8 Å². The van der Waals surface area contributed by atoms with E-state index < -0.39 is 11.3 Å². The number of carbonyl (C=O) groups is 2. The number of carbonyl (C=O) groups excluding carboxylic acids is 2. The maximum atomic E-state index is 13.6. The number of aromatic nitrogens is 1. The van der Waals surface area contributed by atoms with E-state index in [0.717, 1.165) is 27.6 Å². The van der Waals surface area contributed by atoms with E-state index in [-0.39, 0.29) is 24.1 Å². The number of methoxy groups -OCH3 is 1. The zero-order valence-electron chi connectivity index (χ0n) is 17.8. The van der Waals surface area contributed by atoms with Crippen molar-refractivity contribution >= 4 is 28.2 Å². The third kappa shape index (κ3) is 2.95. The van der Waals surface area contributed by atoms with Gasteiger partial charge in [-0.1, -0.05) is 50.2 Å². The molecule has 0 saturated carbocycles. The summed E-state index contributed by atoms with van der Waals surface area (Å²) in [7, 11) is 1.40. The number of hydrogen-bond acceptors (Lipinski definition) is 5. The second-order valence-electron chi connectivity index (χ2n) is 8.96. The van der Waals surface area contributed by atoms with Gasteiger partial charge in [0.25, 0.3) is 0 Å². The van der Waals surface area contributed by atoms with Crippen LogP contribution in [0.15, 0.2) is 72.2 Å². The van der Waals surface area contributed by atoms with Gasteiger partial charge in [0.1, 0.15) is 5.92 Å². The number of nitrogens with one attached hydrogen (secondary N) is 1. The molecule has 2 aromatic carbocycles. The van der Waals surface area contributed by atoms with E-state index in [1.807, 2.05) is 50.4 Å². The predicted octanol–water partition coefficient (Wildman–Crippen LogP) is 4.83. The van der Waals surface area contributed by atoms with Gasteiger partial charge in [-0.3, -0.25) is 14.6 Å². The number of pyridine rings is 1. The number of Topliss-reactive ketones (excluding diaryl/α,β-unsaturated/α-hetero) is 1. The Bertz CT molecular complexity index is 1240. The summed E-state index contributed by atoms with van der Waals surface area (Å²) in [4.78, 5) is 30.8. The molecule has 5 rings (SSSR count). The van der Waals surface area contributed by atoms with Crippen LogP contribution in [0.3, 0.4) is 0 Å². The van der Waals surface area contributed by atoms with Gasteiger partial charge < -0.3 is 10.1 Å². The fourth-order valence-electron chi connectivity index (χ4n) is 5.20. The van der Waals surface area contributed by atoms with Gasteiger partial charge in [-0.15, -0.1) is 0 Å². The highest BCUT2D eigenvalue weighted by Gasteiger charge is 2.50. The summed E-state index contributed by atoms with van der Waals surface area (Å²) in [5.41, 5.74) is 3.64. The number of allylic oxidation sites excluding steroid dienone is 1. The first-order valence-electron chi connectivity index (χ1n) is 10.5. The van der Waals surface area contributed by atoms with Crippen LogP contribution >= 0.6 is 0 Å². The minimum Gasteiger partial charge on any atom is -0.468 e. The van der Waals surface area contributed by atoms with E-state index in [9.17, 15) is 9.59 Å². The second kappa shape index (κ2) is 7.05. The summed E-state index contributed by atoms with van der Waals surface area (Å²) < 4.78 is 5.17. The minimum absolute atomic E-state index is 0.0556. The van der Waals surface area contributed by atoms with Gasteiger partial charge in [0.2, 0.25) is 0 Å². The average Bonchev–Trinajstić information content (AvgIpc) is 2.77. The normalized spacial score (nSPS) is 21.8. The molecular weight excluding hydrogens is 388 g/mol. The quantitative estimate of drug-likeness (QED) is 0.611. The molecule has 1 aliphatic heterocycles. The second-order valence-corrected chi connectivity index (χ2v) is 8.96. The first-order valence-corrected chi connectivity index (χ1v) is 10.5. The van der Waals surface area contributed by atoms with E-state index in [0.29, 0.717) is 11.3 Å². The molecule has 2 unspecified atom stereocenters. The molecule has 1 aromatic heterocycles. The lowest BCUT2D eigenvalue weighted by atomic mass is 9.63. The van der Waals surface area contributed by atoms with Crippen molar-refractivity contribution in [3.63, 3.8) is 0 Å². The summed E-state index contributed by atoms with van der Waals surface area (Å²) in [6, 6.07) is 16.2. The molecule has 5 nitrogen and oxygen atoms in total. The fraction of sp³-hybridized carbons (Fsp3) is 0.269. The number of rotatable bonds is 2. The molecule has 5 heteroatoms. The van der Waals surface area contributed by atoms with Gasteiger partial charge in [-0.25, -0.2) is 0 Å². The number of ether oxygens (including phenoxy) is 1. The smallest absolute Gasteiger partial charge is 0.315 e. The summed E-state index contributed by atoms with van der Waals surface area (Å²) in [6.45, 7) is 3.90. The number of ketones is 1. The highest BCUT2D eigenvalue weighted by molar-refractivity contribution is 6.06. The molecule has 1 N–H and O–H groups in total. The van der Waals surface area contributed by atoms with E-state index in [4.69, 9.17) is 4.74 Å². The molecule has 156 valence electrons. The zero-order chi connectivity index (χ0) is 21.8. The van der Waals surface area contributed by atoms with Crippen LogP contribution in [0.2, 0.25) is 0 Å². The third-order valence-electron chi connectivity index (χ3n) is 6.55. The number of fused-ring (bicyclic) bond motifs is 3. The topological polar surface area (TPSA) is 68.3 Å². The van der Waals surface area contributed by atoms with E-state index >= 15 is 0 Å². The molecule has 1 aliphatic carbocycles. The molecule has 0 amide bonds. The standard InChI is InChI=1S/C26H24N2O3/c1-26(2)13-19(29)22-20(16-8-6-12-27-14-16)21-17-9-5-4-7-15(17)10-11-18(21)28-24(22)23(26)25(30)31-3/h4-12,14,20,23,28H,13H2,1-3H3. The van der Waals surface area contributed by atoms with E-state index in [2.05, 4.69) is 28.5 Å². The summed E-state index contributed by atoms with van der Waals surface area (Å²) in [6.07, 6.45) is 3.82. The van der Waals surface area contributed by atoms with Crippen LogP contribution in [-0.2, 0) is 14.3 Å². The van der Waals surface area contributed by atoms with Crippen molar-refractivity contribution in [2.75, 3.05) is 12.4 Å². The monoisotopic (exact) mass is 412 g/mol. The Morgan fingerprint density at radius 2 is 1.94 bits per heavy atom. The van der Waals surface area contributed by atoms with Gasteiger partial charge in [0.05, 0.1) is 7.11 Å². The Morgan fingerprint density at radius 3 is 2.68 bits per heavy atom. The molecule has 3 aromatic rings. The average molecular weight is 412 g/mol. The molecule has 31 heavy (non-hydrogen) atoms. The van der Waals surface area contributed by atoms with Crippen molar-refractivity contribution < 1.29 is 14.3 Å². The first-order chi connectivity index (χ1) is 14.9. The molecule has 2 aliphatic rings.